The van der Waals surface area contributed by atoms with Crippen LogP contribution in [0.25, 0.3) is 11.3 Å². The molecule has 3 heterocycles. The van der Waals surface area contributed by atoms with E-state index in [0.29, 0.717) is 11.5 Å². The van der Waals surface area contributed by atoms with E-state index >= 15 is 0 Å². The Hall–Kier alpha value is -3.87. The van der Waals surface area contributed by atoms with Crippen molar-refractivity contribution in [2.24, 2.45) is 11.7 Å². The van der Waals surface area contributed by atoms with E-state index in [1.54, 1.807) is 12.1 Å². The molecule has 3 aromatic rings. The van der Waals surface area contributed by atoms with E-state index in [9.17, 15) is 24.5 Å². The van der Waals surface area contributed by atoms with Crippen LogP contribution in [0, 0.1) is 16.0 Å². The number of hydrogen-bond donors (Lipinski definition) is 1. The molecule has 3 unspecified atom stereocenters. The Kier molecular flexibility index (Phi) is 5.94. The smallest absolute Gasteiger partial charge is 0.274 e. The number of halogens is 1. The molecule has 2 aromatic carbocycles. The standard InChI is InChI=1S/C24H19BrN4O7/c1-27-23(31)19-20(18-9-8-17(35-18)12-4-6-15(25)7-5-12)28(36-21(19)24(27)32)11-14-3-2-13(22(26)30)10-16(14)29(33)34/h2-10,19-21H,11H2,1H3,(H2,26,30). The predicted molar refractivity (Wildman–Crippen MR) is 128 cm³/mol. The van der Waals surface area contributed by atoms with E-state index in [0.717, 1.165) is 21.0 Å². The number of imide groups is 1. The predicted octanol–water partition coefficient (Wildman–Crippen LogP) is 3.19. The lowest BCUT2D eigenvalue weighted by molar-refractivity contribution is -0.386. The second kappa shape index (κ2) is 8.97. The maximum atomic E-state index is 13.0. The van der Waals surface area contributed by atoms with Crippen molar-refractivity contribution >= 4 is 39.3 Å². The maximum absolute atomic E-state index is 13.0. The summed E-state index contributed by atoms with van der Waals surface area (Å²) in [6, 6.07) is 13.9. The Balaban J connectivity index is 1.53. The first kappa shape index (κ1) is 23.9. The van der Waals surface area contributed by atoms with Gasteiger partial charge in [0.05, 0.1) is 11.5 Å². The molecule has 1 aromatic heterocycles. The summed E-state index contributed by atoms with van der Waals surface area (Å²) in [4.78, 5) is 55.2. The Morgan fingerprint density at radius 1 is 1.11 bits per heavy atom. The number of nitrogens with zero attached hydrogens (tertiary/aromatic N) is 3. The topological polar surface area (TPSA) is 149 Å². The third-order valence-corrected chi connectivity index (χ3v) is 6.88. The third-order valence-electron chi connectivity index (χ3n) is 6.35. The van der Waals surface area contributed by atoms with Crippen LogP contribution in [0.15, 0.2) is 63.5 Å². The molecule has 3 amide bonds. The van der Waals surface area contributed by atoms with Crippen molar-refractivity contribution in [1.29, 1.82) is 0 Å². The van der Waals surface area contributed by atoms with Crippen molar-refractivity contribution in [3.8, 4) is 11.3 Å². The summed E-state index contributed by atoms with van der Waals surface area (Å²) in [5.74, 6) is -1.72. The van der Waals surface area contributed by atoms with Crippen LogP contribution in [0.4, 0.5) is 5.69 Å². The lowest BCUT2D eigenvalue weighted by Gasteiger charge is -2.24. The van der Waals surface area contributed by atoms with Crippen molar-refractivity contribution in [2.75, 3.05) is 7.05 Å². The molecular weight excluding hydrogens is 536 g/mol. The van der Waals surface area contributed by atoms with Gasteiger partial charge in [-0.15, -0.1) is 0 Å². The average Bonchev–Trinajstić information content (AvgIpc) is 3.52. The van der Waals surface area contributed by atoms with Gasteiger partial charge in [-0.2, -0.15) is 5.06 Å². The average molecular weight is 555 g/mol. The lowest BCUT2D eigenvalue weighted by Crippen LogP contribution is -2.34. The molecule has 0 radical (unpaired) electrons. The quantitative estimate of drug-likeness (QED) is 0.277. The number of amides is 3. The highest BCUT2D eigenvalue weighted by Crippen LogP contribution is 2.46. The highest BCUT2D eigenvalue weighted by molar-refractivity contribution is 9.10. The zero-order valence-corrected chi connectivity index (χ0v) is 20.4. The first-order valence-electron chi connectivity index (χ1n) is 10.8. The number of benzene rings is 2. The van der Waals surface area contributed by atoms with Gasteiger partial charge >= 0.3 is 0 Å². The number of carbonyl (C=O) groups is 3. The fraction of sp³-hybridized carbons (Fsp3) is 0.208. The molecule has 5 rings (SSSR count). The normalized spacial score (nSPS) is 21.7. The summed E-state index contributed by atoms with van der Waals surface area (Å²) in [7, 11) is 1.39. The number of rotatable bonds is 6. The van der Waals surface area contributed by atoms with Crippen LogP contribution in [0.2, 0.25) is 0 Å². The number of fused-ring (bicyclic) bond motifs is 1. The fourth-order valence-corrected chi connectivity index (χ4v) is 4.80. The van der Waals surface area contributed by atoms with E-state index in [1.165, 1.54) is 24.2 Å². The summed E-state index contributed by atoms with van der Waals surface area (Å²) in [6.45, 7) is -0.147. The van der Waals surface area contributed by atoms with Crippen molar-refractivity contribution in [3.63, 3.8) is 0 Å². The number of nitro benzene ring substituents is 1. The molecule has 36 heavy (non-hydrogen) atoms. The molecule has 0 aliphatic carbocycles. The van der Waals surface area contributed by atoms with Crippen LogP contribution in [0.1, 0.15) is 27.7 Å². The number of likely N-dealkylation sites (N-methyl/N-ethyl adjacent to an activating group) is 1. The number of primary amides is 1. The number of nitro groups is 1. The number of hydroxylamine groups is 2. The lowest BCUT2D eigenvalue weighted by atomic mass is 9.94. The number of furan rings is 1. The summed E-state index contributed by atoms with van der Waals surface area (Å²) < 4.78 is 7.00. The minimum atomic E-state index is -1.09. The van der Waals surface area contributed by atoms with Crippen molar-refractivity contribution < 1.29 is 28.6 Å². The Morgan fingerprint density at radius 2 is 1.83 bits per heavy atom. The van der Waals surface area contributed by atoms with E-state index in [4.69, 9.17) is 15.0 Å². The van der Waals surface area contributed by atoms with Gasteiger partial charge in [0.2, 0.25) is 11.8 Å². The number of carbonyl (C=O) groups excluding carboxylic acids is 3. The van der Waals surface area contributed by atoms with Crippen molar-refractivity contribution in [2.45, 2.75) is 18.7 Å². The summed E-state index contributed by atoms with van der Waals surface area (Å²) >= 11 is 3.39. The molecule has 2 N–H and O–H groups in total. The zero-order valence-electron chi connectivity index (χ0n) is 18.8. The van der Waals surface area contributed by atoms with Gasteiger partial charge in [0, 0.05) is 34.3 Å². The van der Waals surface area contributed by atoms with E-state index in [-0.39, 0.29) is 23.4 Å². The van der Waals surface area contributed by atoms with Gasteiger partial charge in [0.25, 0.3) is 11.6 Å². The van der Waals surface area contributed by atoms with Crippen LogP contribution in [-0.2, 0) is 21.0 Å². The molecule has 2 saturated heterocycles. The van der Waals surface area contributed by atoms with Gasteiger partial charge < -0.3 is 10.2 Å². The molecule has 3 atom stereocenters. The molecule has 2 aliphatic heterocycles. The summed E-state index contributed by atoms with van der Waals surface area (Å²) in [5, 5.41) is 13.1. The largest absolute Gasteiger partial charge is 0.459 e. The molecule has 0 spiro atoms. The Morgan fingerprint density at radius 3 is 2.50 bits per heavy atom. The van der Waals surface area contributed by atoms with E-state index in [2.05, 4.69) is 15.9 Å². The van der Waals surface area contributed by atoms with Crippen molar-refractivity contribution in [1.82, 2.24) is 9.96 Å². The van der Waals surface area contributed by atoms with Gasteiger partial charge in [0.1, 0.15) is 23.5 Å². The number of likely N-dealkylation sites (tertiary alicyclic amines) is 1. The van der Waals surface area contributed by atoms with Gasteiger partial charge in [-0.3, -0.25) is 34.2 Å². The molecule has 2 aliphatic rings. The first-order chi connectivity index (χ1) is 17.2. The number of nitrogens with two attached hydrogens (primary N) is 1. The van der Waals surface area contributed by atoms with Gasteiger partial charge in [-0.05, 0) is 36.4 Å². The van der Waals surface area contributed by atoms with E-state index < -0.39 is 40.7 Å². The monoisotopic (exact) mass is 554 g/mol. The van der Waals surface area contributed by atoms with Crippen LogP contribution in [0.3, 0.4) is 0 Å². The summed E-state index contributed by atoms with van der Waals surface area (Å²) in [6.07, 6.45) is -1.09. The molecule has 11 nitrogen and oxygen atoms in total. The minimum absolute atomic E-state index is 0.0154. The second-order valence-corrected chi connectivity index (χ2v) is 9.40. The molecule has 12 heteroatoms. The molecule has 184 valence electrons. The molecular formula is C24H19BrN4O7. The molecule has 0 bridgehead atoms. The molecule has 2 fully saturated rings. The maximum Gasteiger partial charge on any atom is 0.274 e. The SMILES string of the molecule is CN1C(=O)C2ON(Cc3ccc(C(N)=O)cc3[N+](=O)[O-])C(c3ccc(-c4ccc(Br)cc4)o3)C2C1=O. The first-order valence-corrected chi connectivity index (χ1v) is 11.6. The van der Waals surface area contributed by atoms with Crippen LogP contribution in [0.5, 0.6) is 0 Å². The fourth-order valence-electron chi connectivity index (χ4n) is 4.53. The Labute approximate surface area is 212 Å². The van der Waals surface area contributed by atoms with Gasteiger partial charge in [-0.25, -0.2) is 0 Å². The van der Waals surface area contributed by atoms with Gasteiger partial charge in [0.15, 0.2) is 6.10 Å². The van der Waals surface area contributed by atoms with Crippen molar-refractivity contribution in [3.05, 3.63) is 86.1 Å². The Bertz CT molecular complexity index is 1400. The summed E-state index contributed by atoms with van der Waals surface area (Å²) in [5.41, 5.74) is 5.93. The van der Waals surface area contributed by atoms with E-state index in [1.807, 2.05) is 24.3 Å². The van der Waals surface area contributed by atoms with Crippen LogP contribution in [-0.4, -0.2) is 45.8 Å². The zero-order chi connectivity index (χ0) is 25.7. The minimum Gasteiger partial charge on any atom is -0.459 e. The molecule has 0 saturated carbocycles. The number of hydrogen-bond acceptors (Lipinski definition) is 8. The van der Waals surface area contributed by atoms with Gasteiger partial charge in [-0.1, -0.05) is 28.1 Å². The van der Waals surface area contributed by atoms with Crippen LogP contribution < -0.4 is 5.73 Å². The third kappa shape index (κ3) is 3.98. The highest BCUT2D eigenvalue weighted by atomic mass is 79.9. The second-order valence-electron chi connectivity index (χ2n) is 8.48. The highest BCUT2D eigenvalue weighted by Gasteiger charge is 2.59. The van der Waals surface area contributed by atoms with Crippen LogP contribution >= 0.6 is 15.9 Å².